The minimum Gasteiger partial charge on any atom is -0.493 e. The van der Waals surface area contributed by atoms with Gasteiger partial charge >= 0.3 is 0 Å². The molecular weight excluding hydrogens is 258 g/mol. The maximum atomic E-state index is 11.4. The zero-order valence-corrected chi connectivity index (χ0v) is 12.2. The van der Waals surface area contributed by atoms with Gasteiger partial charge in [0.2, 0.25) is 0 Å². The molecule has 3 nitrogen and oxygen atoms in total. The van der Waals surface area contributed by atoms with Crippen LogP contribution in [-0.4, -0.2) is 17.4 Å². The van der Waals surface area contributed by atoms with Crippen LogP contribution >= 0.6 is 11.3 Å². The topological polar surface area (TPSA) is 39.2 Å². The standard InChI is InChI=1S/C15H17NO2S/c1-10-5-4-6-13(9-10)18-8-7-14-16-11(2)15(19-14)12(3)17/h4-6,9H,7-8H2,1-3H3. The number of hydrogen-bond acceptors (Lipinski definition) is 4. The summed E-state index contributed by atoms with van der Waals surface area (Å²) in [5.74, 6) is 0.959. The molecule has 0 saturated carbocycles. The first-order chi connectivity index (χ1) is 9.06. The molecule has 0 spiro atoms. The van der Waals surface area contributed by atoms with E-state index < -0.39 is 0 Å². The second kappa shape index (κ2) is 5.97. The Hall–Kier alpha value is -1.68. The third-order valence-corrected chi connectivity index (χ3v) is 4.05. The van der Waals surface area contributed by atoms with Crippen molar-refractivity contribution in [2.24, 2.45) is 0 Å². The molecule has 0 N–H and O–H groups in total. The Morgan fingerprint density at radius 2 is 2.16 bits per heavy atom. The van der Waals surface area contributed by atoms with E-state index in [1.54, 1.807) is 6.92 Å². The minimum atomic E-state index is 0.0841. The van der Waals surface area contributed by atoms with Crippen LogP contribution < -0.4 is 4.74 Å². The smallest absolute Gasteiger partial charge is 0.171 e. The largest absolute Gasteiger partial charge is 0.493 e. The number of carbonyl (C=O) groups excluding carboxylic acids is 1. The van der Waals surface area contributed by atoms with Gasteiger partial charge < -0.3 is 4.74 Å². The molecule has 0 aliphatic carbocycles. The number of aryl methyl sites for hydroxylation is 2. The number of benzene rings is 1. The van der Waals surface area contributed by atoms with E-state index in [0.717, 1.165) is 27.7 Å². The molecule has 0 saturated heterocycles. The SMILES string of the molecule is CC(=O)c1sc(CCOc2cccc(C)c2)nc1C. The maximum Gasteiger partial charge on any atom is 0.171 e. The Morgan fingerprint density at radius 3 is 2.79 bits per heavy atom. The number of thiazole rings is 1. The Labute approximate surface area is 117 Å². The van der Waals surface area contributed by atoms with Gasteiger partial charge in [-0.1, -0.05) is 12.1 Å². The van der Waals surface area contributed by atoms with E-state index in [-0.39, 0.29) is 5.78 Å². The van der Waals surface area contributed by atoms with Gasteiger partial charge in [0.05, 0.1) is 22.2 Å². The fourth-order valence-electron chi connectivity index (χ4n) is 1.85. The first-order valence-corrected chi connectivity index (χ1v) is 7.04. The van der Waals surface area contributed by atoms with Gasteiger partial charge in [-0.15, -0.1) is 11.3 Å². The molecule has 0 atom stereocenters. The van der Waals surface area contributed by atoms with Crippen molar-refractivity contribution in [1.82, 2.24) is 4.98 Å². The number of carbonyl (C=O) groups is 1. The molecule has 0 unspecified atom stereocenters. The number of ether oxygens (including phenoxy) is 1. The first kappa shape index (κ1) is 13.7. The molecule has 4 heteroatoms. The molecule has 2 rings (SSSR count). The van der Waals surface area contributed by atoms with Gasteiger partial charge in [-0.05, 0) is 31.5 Å². The van der Waals surface area contributed by atoms with Crippen molar-refractivity contribution in [3.63, 3.8) is 0 Å². The predicted octanol–water partition coefficient (Wildman–Crippen LogP) is 3.58. The third kappa shape index (κ3) is 3.64. The number of aromatic nitrogens is 1. The summed E-state index contributed by atoms with van der Waals surface area (Å²) in [6, 6.07) is 7.97. The van der Waals surface area contributed by atoms with E-state index in [9.17, 15) is 4.79 Å². The number of ketones is 1. The lowest BCUT2D eigenvalue weighted by atomic mass is 10.2. The monoisotopic (exact) mass is 275 g/mol. The predicted molar refractivity (Wildman–Crippen MR) is 77.2 cm³/mol. The van der Waals surface area contributed by atoms with Crippen LogP contribution in [0.3, 0.4) is 0 Å². The van der Waals surface area contributed by atoms with E-state index in [4.69, 9.17) is 4.74 Å². The number of rotatable bonds is 5. The molecule has 19 heavy (non-hydrogen) atoms. The fraction of sp³-hybridized carbons (Fsp3) is 0.333. The first-order valence-electron chi connectivity index (χ1n) is 6.23. The van der Waals surface area contributed by atoms with Crippen molar-refractivity contribution >= 4 is 17.1 Å². The quantitative estimate of drug-likeness (QED) is 0.783. The lowest BCUT2D eigenvalue weighted by Gasteiger charge is -2.05. The van der Waals surface area contributed by atoms with Gasteiger partial charge in [-0.25, -0.2) is 4.98 Å². The zero-order chi connectivity index (χ0) is 13.8. The molecule has 0 radical (unpaired) electrons. The Bertz CT molecular complexity index is 590. The van der Waals surface area contributed by atoms with E-state index in [0.29, 0.717) is 6.61 Å². The van der Waals surface area contributed by atoms with Crippen LogP contribution in [0, 0.1) is 13.8 Å². The summed E-state index contributed by atoms with van der Waals surface area (Å²) in [7, 11) is 0. The molecule has 0 amide bonds. The van der Waals surface area contributed by atoms with Crippen LogP contribution in [0.1, 0.15) is 32.9 Å². The highest BCUT2D eigenvalue weighted by atomic mass is 32.1. The summed E-state index contributed by atoms with van der Waals surface area (Å²) in [6.07, 6.45) is 0.729. The maximum absolute atomic E-state index is 11.4. The van der Waals surface area contributed by atoms with Crippen molar-refractivity contribution in [3.8, 4) is 5.75 Å². The third-order valence-electron chi connectivity index (χ3n) is 2.73. The highest BCUT2D eigenvalue weighted by Gasteiger charge is 2.11. The summed E-state index contributed by atoms with van der Waals surface area (Å²) < 4.78 is 5.68. The fourth-order valence-corrected chi connectivity index (χ4v) is 2.79. The van der Waals surface area contributed by atoms with Crippen molar-refractivity contribution in [2.45, 2.75) is 27.2 Å². The summed E-state index contributed by atoms with van der Waals surface area (Å²) in [5.41, 5.74) is 2.00. The molecule has 0 bridgehead atoms. The summed E-state index contributed by atoms with van der Waals surface area (Å²) in [4.78, 5) is 16.5. The molecule has 1 aromatic carbocycles. The molecule has 0 fully saturated rings. The highest BCUT2D eigenvalue weighted by molar-refractivity contribution is 7.13. The average Bonchev–Trinajstić information content (AvgIpc) is 2.71. The van der Waals surface area contributed by atoms with Crippen LogP contribution in [-0.2, 0) is 6.42 Å². The van der Waals surface area contributed by atoms with Gasteiger partial charge in [-0.2, -0.15) is 0 Å². The van der Waals surface area contributed by atoms with E-state index in [1.165, 1.54) is 16.9 Å². The summed E-state index contributed by atoms with van der Waals surface area (Å²) in [5, 5.41) is 0.954. The van der Waals surface area contributed by atoms with Gasteiger partial charge in [0.15, 0.2) is 5.78 Å². The molecule has 0 aliphatic heterocycles. The van der Waals surface area contributed by atoms with Crippen LogP contribution in [0.15, 0.2) is 24.3 Å². The second-order valence-corrected chi connectivity index (χ2v) is 5.58. The molecule has 1 heterocycles. The van der Waals surface area contributed by atoms with E-state index >= 15 is 0 Å². The van der Waals surface area contributed by atoms with Gasteiger partial charge in [-0.3, -0.25) is 4.79 Å². The summed E-state index contributed by atoms with van der Waals surface area (Å²) in [6.45, 7) is 6.07. The lowest BCUT2D eigenvalue weighted by Crippen LogP contribution is -2.01. The Morgan fingerprint density at radius 1 is 1.37 bits per heavy atom. The average molecular weight is 275 g/mol. The molecular formula is C15H17NO2S. The zero-order valence-electron chi connectivity index (χ0n) is 11.4. The van der Waals surface area contributed by atoms with Crippen LogP contribution in [0.2, 0.25) is 0 Å². The highest BCUT2D eigenvalue weighted by Crippen LogP contribution is 2.19. The Kier molecular flexibility index (Phi) is 4.32. The van der Waals surface area contributed by atoms with Gasteiger partial charge in [0, 0.05) is 13.3 Å². The normalized spacial score (nSPS) is 10.5. The van der Waals surface area contributed by atoms with Gasteiger partial charge in [0.25, 0.3) is 0 Å². The molecule has 1 aromatic heterocycles. The van der Waals surface area contributed by atoms with E-state index in [2.05, 4.69) is 4.98 Å². The van der Waals surface area contributed by atoms with Crippen molar-refractivity contribution < 1.29 is 9.53 Å². The van der Waals surface area contributed by atoms with E-state index in [1.807, 2.05) is 38.1 Å². The Balaban J connectivity index is 1.92. The van der Waals surface area contributed by atoms with Crippen LogP contribution in [0.25, 0.3) is 0 Å². The molecule has 2 aromatic rings. The minimum absolute atomic E-state index is 0.0841. The van der Waals surface area contributed by atoms with Crippen LogP contribution in [0.5, 0.6) is 5.75 Å². The van der Waals surface area contributed by atoms with Gasteiger partial charge in [0.1, 0.15) is 5.75 Å². The molecule has 0 aliphatic rings. The number of nitrogens with zero attached hydrogens (tertiary/aromatic N) is 1. The number of Topliss-reactive ketones (excluding diaryl/α,β-unsaturated/α-hetero) is 1. The lowest BCUT2D eigenvalue weighted by molar-refractivity contribution is 0.102. The molecule has 100 valence electrons. The van der Waals surface area contributed by atoms with Crippen LogP contribution in [0.4, 0.5) is 0 Å². The van der Waals surface area contributed by atoms with Crippen molar-refractivity contribution in [2.75, 3.05) is 6.61 Å². The second-order valence-electron chi connectivity index (χ2n) is 4.49. The number of hydrogen-bond donors (Lipinski definition) is 0. The van der Waals surface area contributed by atoms with Crippen molar-refractivity contribution in [1.29, 1.82) is 0 Å². The van der Waals surface area contributed by atoms with Crippen molar-refractivity contribution in [3.05, 3.63) is 45.4 Å². The summed E-state index contributed by atoms with van der Waals surface area (Å²) >= 11 is 1.47.